The maximum atomic E-state index is 13.4. The molecule has 0 spiro atoms. The number of rotatable bonds is 4. The van der Waals surface area contributed by atoms with Gasteiger partial charge < -0.3 is 5.32 Å². The molecule has 1 fully saturated rings. The number of anilines is 1. The van der Waals surface area contributed by atoms with Crippen LogP contribution in [0.15, 0.2) is 48.7 Å². The van der Waals surface area contributed by atoms with Crippen LogP contribution in [0.1, 0.15) is 23.7 Å². The topological polar surface area (TPSA) is 96.3 Å². The molecule has 0 radical (unpaired) electrons. The van der Waals surface area contributed by atoms with E-state index in [0.29, 0.717) is 0 Å². The van der Waals surface area contributed by atoms with Crippen molar-refractivity contribution < 1.29 is 17.6 Å². The molecular weight excluding hydrogens is 469 g/mol. The normalized spacial score (nSPS) is 20.5. The summed E-state index contributed by atoms with van der Waals surface area (Å²) in [4.78, 5) is 13.0. The van der Waals surface area contributed by atoms with Crippen molar-refractivity contribution in [3.8, 4) is 11.1 Å². The standard InChI is InChI=1S/C22H23ClFN5O3S/c1-13-17(12-28(2)26-13)14-5-4-6-15(9-14)20-11-21(29(3)33(31,32)27-20)22(30)25-16-7-8-19(24)18(23)10-16/h4-10,12,20-21,27H,11H2,1-3H3,(H,25,30). The van der Waals surface area contributed by atoms with Gasteiger partial charge in [0.15, 0.2) is 0 Å². The summed E-state index contributed by atoms with van der Waals surface area (Å²) < 4.78 is 44.4. The number of hydrogen-bond acceptors (Lipinski definition) is 4. The van der Waals surface area contributed by atoms with Gasteiger partial charge in [0, 0.05) is 37.6 Å². The number of aryl methyl sites for hydroxylation is 2. The highest BCUT2D eigenvalue weighted by molar-refractivity contribution is 7.87. The molecule has 0 aliphatic carbocycles. The Morgan fingerprint density at radius 1 is 1.24 bits per heavy atom. The Kier molecular flexibility index (Phi) is 6.28. The summed E-state index contributed by atoms with van der Waals surface area (Å²) in [6.45, 7) is 1.91. The van der Waals surface area contributed by atoms with E-state index in [0.717, 1.165) is 32.8 Å². The molecule has 4 rings (SSSR count). The van der Waals surface area contributed by atoms with Crippen molar-refractivity contribution in [1.82, 2.24) is 18.8 Å². The number of amides is 1. The van der Waals surface area contributed by atoms with E-state index < -0.39 is 34.0 Å². The number of aromatic nitrogens is 2. The molecule has 2 heterocycles. The summed E-state index contributed by atoms with van der Waals surface area (Å²) in [5.41, 5.74) is 3.71. The maximum Gasteiger partial charge on any atom is 0.280 e. The predicted octanol–water partition coefficient (Wildman–Crippen LogP) is 3.41. The van der Waals surface area contributed by atoms with Crippen molar-refractivity contribution in [2.45, 2.75) is 25.4 Å². The summed E-state index contributed by atoms with van der Waals surface area (Å²) in [5.74, 6) is -1.14. The van der Waals surface area contributed by atoms with E-state index in [4.69, 9.17) is 11.6 Å². The number of benzene rings is 2. The summed E-state index contributed by atoms with van der Waals surface area (Å²) >= 11 is 5.79. The van der Waals surface area contributed by atoms with Gasteiger partial charge in [-0.2, -0.15) is 22.5 Å². The molecule has 2 N–H and O–H groups in total. The molecule has 8 nitrogen and oxygen atoms in total. The van der Waals surface area contributed by atoms with Crippen molar-refractivity contribution in [1.29, 1.82) is 0 Å². The zero-order valence-electron chi connectivity index (χ0n) is 18.2. The zero-order chi connectivity index (χ0) is 23.9. The third-order valence-electron chi connectivity index (χ3n) is 5.67. The van der Waals surface area contributed by atoms with E-state index in [-0.39, 0.29) is 17.1 Å². The quantitative estimate of drug-likeness (QED) is 0.584. The largest absolute Gasteiger partial charge is 0.325 e. The summed E-state index contributed by atoms with van der Waals surface area (Å²) in [6, 6.07) is 9.69. The molecule has 3 aromatic rings. The Bertz CT molecular complexity index is 1330. The van der Waals surface area contributed by atoms with Gasteiger partial charge in [-0.25, -0.2) is 4.39 Å². The molecule has 174 valence electrons. The molecule has 2 aromatic carbocycles. The van der Waals surface area contributed by atoms with E-state index in [2.05, 4.69) is 15.1 Å². The smallest absolute Gasteiger partial charge is 0.280 e. The zero-order valence-corrected chi connectivity index (χ0v) is 19.8. The third kappa shape index (κ3) is 4.79. The summed E-state index contributed by atoms with van der Waals surface area (Å²) in [5, 5.41) is 6.86. The molecule has 1 aliphatic rings. The van der Waals surface area contributed by atoms with Crippen LogP contribution in [-0.4, -0.2) is 41.5 Å². The van der Waals surface area contributed by atoms with Crippen molar-refractivity contribution in [2.75, 3.05) is 12.4 Å². The Labute approximate surface area is 196 Å². The minimum Gasteiger partial charge on any atom is -0.325 e. The van der Waals surface area contributed by atoms with Gasteiger partial charge in [0.2, 0.25) is 5.91 Å². The third-order valence-corrected chi connectivity index (χ3v) is 7.56. The predicted molar refractivity (Wildman–Crippen MR) is 124 cm³/mol. The van der Waals surface area contributed by atoms with Crippen LogP contribution < -0.4 is 10.0 Å². The van der Waals surface area contributed by atoms with Gasteiger partial charge in [0.25, 0.3) is 10.2 Å². The average Bonchev–Trinajstić information content (AvgIpc) is 3.10. The first-order chi connectivity index (χ1) is 15.5. The first-order valence-electron chi connectivity index (χ1n) is 10.2. The molecule has 1 aromatic heterocycles. The lowest BCUT2D eigenvalue weighted by Gasteiger charge is -2.36. The van der Waals surface area contributed by atoms with E-state index in [1.165, 1.54) is 19.2 Å². The van der Waals surface area contributed by atoms with Crippen molar-refractivity contribution in [2.24, 2.45) is 7.05 Å². The van der Waals surface area contributed by atoms with Gasteiger partial charge in [0.1, 0.15) is 11.9 Å². The van der Waals surface area contributed by atoms with E-state index in [9.17, 15) is 17.6 Å². The molecular formula is C22H23ClFN5O3S. The highest BCUT2D eigenvalue weighted by Gasteiger charge is 2.40. The molecule has 0 saturated carbocycles. The van der Waals surface area contributed by atoms with Gasteiger partial charge >= 0.3 is 0 Å². The second-order valence-electron chi connectivity index (χ2n) is 7.99. The van der Waals surface area contributed by atoms with Crippen LogP contribution in [0.5, 0.6) is 0 Å². The Morgan fingerprint density at radius 3 is 2.67 bits per heavy atom. The van der Waals surface area contributed by atoms with Crippen LogP contribution in [0, 0.1) is 12.7 Å². The van der Waals surface area contributed by atoms with Gasteiger partial charge in [-0.05, 0) is 48.7 Å². The highest BCUT2D eigenvalue weighted by Crippen LogP contribution is 2.32. The molecule has 1 amide bonds. The number of carbonyl (C=O) groups is 1. The lowest BCUT2D eigenvalue weighted by atomic mass is 9.96. The van der Waals surface area contributed by atoms with E-state index in [1.54, 1.807) is 4.68 Å². The molecule has 1 saturated heterocycles. The van der Waals surface area contributed by atoms with Crippen LogP contribution in [0.3, 0.4) is 0 Å². The first-order valence-corrected chi connectivity index (χ1v) is 12.0. The molecule has 2 unspecified atom stereocenters. The summed E-state index contributed by atoms with van der Waals surface area (Å²) in [7, 11) is -0.742. The van der Waals surface area contributed by atoms with Crippen molar-refractivity contribution >= 4 is 33.4 Å². The fourth-order valence-corrected chi connectivity index (χ4v) is 5.39. The van der Waals surface area contributed by atoms with Gasteiger partial charge in [-0.15, -0.1) is 0 Å². The minimum absolute atomic E-state index is 0.139. The highest BCUT2D eigenvalue weighted by atomic mass is 35.5. The number of nitrogens with zero attached hydrogens (tertiary/aromatic N) is 3. The number of halogens is 2. The van der Waals surface area contributed by atoms with Gasteiger partial charge in [-0.3, -0.25) is 9.48 Å². The van der Waals surface area contributed by atoms with E-state index in [1.807, 2.05) is 44.4 Å². The number of carbonyl (C=O) groups excluding carboxylic acids is 1. The summed E-state index contributed by atoms with van der Waals surface area (Å²) in [6.07, 6.45) is 2.10. The molecule has 33 heavy (non-hydrogen) atoms. The number of likely N-dealkylation sites (N-methyl/N-ethyl adjacent to an activating group) is 1. The molecule has 2 atom stereocenters. The molecule has 1 aliphatic heterocycles. The molecule has 0 bridgehead atoms. The van der Waals surface area contributed by atoms with Crippen LogP contribution in [-0.2, 0) is 22.1 Å². The van der Waals surface area contributed by atoms with Crippen LogP contribution >= 0.6 is 11.6 Å². The Morgan fingerprint density at radius 2 is 2.00 bits per heavy atom. The fourth-order valence-electron chi connectivity index (χ4n) is 3.93. The second kappa shape index (κ2) is 8.86. The number of nitrogens with one attached hydrogen (secondary N) is 2. The SMILES string of the molecule is Cc1nn(C)cc1-c1cccc(C2CC(C(=O)Nc3ccc(F)c(Cl)c3)N(C)S(=O)(=O)N2)c1. The molecule has 11 heteroatoms. The van der Waals surface area contributed by atoms with Crippen LogP contribution in [0.2, 0.25) is 5.02 Å². The van der Waals surface area contributed by atoms with Gasteiger partial charge in [-0.1, -0.05) is 29.8 Å². The lowest BCUT2D eigenvalue weighted by molar-refractivity contribution is -0.120. The number of hydrogen-bond donors (Lipinski definition) is 2. The monoisotopic (exact) mass is 491 g/mol. The minimum atomic E-state index is -3.92. The Balaban J connectivity index is 1.61. The average molecular weight is 492 g/mol. The first kappa shape index (κ1) is 23.4. The van der Waals surface area contributed by atoms with Gasteiger partial charge in [0.05, 0.1) is 10.7 Å². The lowest BCUT2D eigenvalue weighted by Crippen LogP contribution is -2.55. The maximum absolute atomic E-state index is 13.4. The second-order valence-corrected chi connectivity index (χ2v) is 10.2. The van der Waals surface area contributed by atoms with Crippen LogP contribution in [0.4, 0.5) is 10.1 Å². The van der Waals surface area contributed by atoms with Crippen LogP contribution in [0.25, 0.3) is 11.1 Å². The van der Waals surface area contributed by atoms with Crippen molar-refractivity contribution in [3.63, 3.8) is 0 Å². The Hall–Kier alpha value is -2.79. The fraction of sp³-hybridized carbons (Fsp3) is 0.273. The van der Waals surface area contributed by atoms with E-state index >= 15 is 0 Å². The van der Waals surface area contributed by atoms with Crippen molar-refractivity contribution in [3.05, 3.63) is 70.8 Å².